The molecule has 32 heavy (non-hydrogen) atoms. The molecule has 0 fully saturated rings. The van der Waals surface area contributed by atoms with Crippen molar-refractivity contribution in [3.63, 3.8) is 0 Å². The number of nitrogens with zero attached hydrogens (tertiary/aromatic N) is 2. The van der Waals surface area contributed by atoms with Crippen molar-refractivity contribution < 1.29 is 27.1 Å². The third kappa shape index (κ3) is 6.43. The molecule has 2 aromatic carbocycles. The maximum Gasteiger partial charge on any atom is 0.244 e. The molecule has 8 nitrogen and oxygen atoms in total. The molecule has 0 aromatic heterocycles. The van der Waals surface area contributed by atoms with Gasteiger partial charge in [-0.3, -0.25) is 13.9 Å². The first-order chi connectivity index (χ1) is 15.1. The number of nitrogens with one attached hydrogen (secondary N) is 1. The number of methoxy groups -OCH3 is 1. The smallest absolute Gasteiger partial charge is 0.244 e. The normalized spacial score (nSPS) is 12.0. The lowest BCUT2D eigenvalue weighted by Gasteiger charge is -2.32. The van der Waals surface area contributed by atoms with Gasteiger partial charge in [-0.15, -0.1) is 0 Å². The Hall–Kier alpha value is -3.14. The highest BCUT2D eigenvalue weighted by Crippen LogP contribution is 2.21. The van der Waals surface area contributed by atoms with E-state index in [-0.39, 0.29) is 18.1 Å². The quantitative estimate of drug-likeness (QED) is 0.580. The van der Waals surface area contributed by atoms with Gasteiger partial charge in [-0.2, -0.15) is 0 Å². The van der Waals surface area contributed by atoms with Crippen LogP contribution in [0.4, 0.5) is 10.1 Å². The van der Waals surface area contributed by atoms with Crippen molar-refractivity contribution in [3.05, 3.63) is 59.9 Å². The second-order valence-corrected chi connectivity index (χ2v) is 9.06. The van der Waals surface area contributed by atoms with Gasteiger partial charge >= 0.3 is 0 Å². The van der Waals surface area contributed by atoms with Crippen LogP contribution in [0.2, 0.25) is 0 Å². The summed E-state index contributed by atoms with van der Waals surface area (Å²) >= 11 is 0. The summed E-state index contributed by atoms with van der Waals surface area (Å²) in [4.78, 5) is 27.2. The number of rotatable bonds is 10. The average Bonchev–Trinajstić information content (AvgIpc) is 2.77. The van der Waals surface area contributed by atoms with Crippen LogP contribution in [0, 0.1) is 5.82 Å². The van der Waals surface area contributed by atoms with E-state index in [9.17, 15) is 22.4 Å². The van der Waals surface area contributed by atoms with Crippen LogP contribution >= 0.6 is 0 Å². The molecule has 0 bridgehead atoms. The first kappa shape index (κ1) is 25.1. The molecule has 174 valence electrons. The van der Waals surface area contributed by atoms with Crippen LogP contribution < -0.4 is 14.4 Å². The van der Waals surface area contributed by atoms with Gasteiger partial charge in [0.25, 0.3) is 0 Å². The number of carbonyl (C=O) groups is 2. The lowest BCUT2D eigenvalue weighted by molar-refractivity contribution is -0.140. The number of hydrogen-bond acceptors (Lipinski definition) is 5. The minimum atomic E-state index is -3.85. The van der Waals surface area contributed by atoms with Gasteiger partial charge in [0.2, 0.25) is 21.8 Å². The number of carbonyl (C=O) groups excluding carboxylic acids is 2. The lowest BCUT2D eigenvalue weighted by atomic mass is 10.1. The fourth-order valence-corrected chi connectivity index (χ4v) is 4.08. The summed E-state index contributed by atoms with van der Waals surface area (Å²) in [7, 11) is -0.838. The Labute approximate surface area is 188 Å². The van der Waals surface area contributed by atoms with Gasteiger partial charge in [0.15, 0.2) is 0 Å². The number of benzene rings is 2. The van der Waals surface area contributed by atoms with Crippen LogP contribution in [0.5, 0.6) is 5.75 Å². The summed E-state index contributed by atoms with van der Waals surface area (Å²) in [6.07, 6.45) is 1.30. The Morgan fingerprint density at radius 1 is 1.09 bits per heavy atom. The second kappa shape index (κ2) is 10.9. The molecule has 10 heteroatoms. The first-order valence-corrected chi connectivity index (χ1v) is 11.8. The van der Waals surface area contributed by atoms with E-state index in [4.69, 9.17) is 4.74 Å². The van der Waals surface area contributed by atoms with Crippen molar-refractivity contribution in [1.82, 2.24) is 10.2 Å². The van der Waals surface area contributed by atoms with Gasteiger partial charge in [-0.05, 0) is 48.4 Å². The highest BCUT2D eigenvalue weighted by molar-refractivity contribution is 7.92. The van der Waals surface area contributed by atoms with E-state index in [1.807, 2.05) is 0 Å². The Morgan fingerprint density at radius 3 is 2.16 bits per heavy atom. The van der Waals surface area contributed by atoms with E-state index >= 15 is 0 Å². The summed E-state index contributed by atoms with van der Waals surface area (Å²) in [6, 6.07) is 11.0. The maximum absolute atomic E-state index is 13.3. The number of halogens is 1. The molecule has 0 saturated heterocycles. The molecule has 0 spiro atoms. The number of likely N-dealkylation sites (N-methyl/N-ethyl adjacent to an activating group) is 1. The Kier molecular flexibility index (Phi) is 8.59. The molecule has 1 atom stereocenters. The van der Waals surface area contributed by atoms with E-state index in [0.29, 0.717) is 12.2 Å². The van der Waals surface area contributed by atoms with Crippen LogP contribution in [0.25, 0.3) is 0 Å². The fraction of sp³-hybridized carbons (Fsp3) is 0.364. The van der Waals surface area contributed by atoms with Crippen molar-refractivity contribution in [2.24, 2.45) is 0 Å². The number of amides is 2. The third-order valence-electron chi connectivity index (χ3n) is 4.94. The van der Waals surface area contributed by atoms with Crippen molar-refractivity contribution in [2.75, 3.05) is 31.3 Å². The van der Waals surface area contributed by atoms with Gasteiger partial charge in [0.1, 0.15) is 24.2 Å². The van der Waals surface area contributed by atoms with Crippen molar-refractivity contribution >= 4 is 27.5 Å². The zero-order chi connectivity index (χ0) is 23.9. The number of anilines is 1. The van der Waals surface area contributed by atoms with Crippen LogP contribution in [0.3, 0.4) is 0 Å². The molecule has 2 aromatic rings. The molecule has 0 aliphatic carbocycles. The average molecular weight is 466 g/mol. The summed E-state index contributed by atoms with van der Waals surface area (Å²) in [6.45, 7) is 1.33. The predicted molar refractivity (Wildman–Crippen MR) is 120 cm³/mol. The van der Waals surface area contributed by atoms with E-state index in [1.54, 1.807) is 38.3 Å². The van der Waals surface area contributed by atoms with E-state index in [2.05, 4.69) is 5.32 Å². The molecule has 0 aliphatic heterocycles. The Bertz CT molecular complexity index is 1030. The highest BCUT2D eigenvalue weighted by atomic mass is 32.2. The van der Waals surface area contributed by atoms with E-state index in [0.717, 1.165) is 28.3 Å². The molecule has 0 aliphatic rings. The summed E-state index contributed by atoms with van der Waals surface area (Å²) in [5, 5.41) is 2.55. The molecule has 0 radical (unpaired) electrons. The summed E-state index contributed by atoms with van der Waals surface area (Å²) < 4.78 is 44.2. The van der Waals surface area contributed by atoms with Gasteiger partial charge in [0, 0.05) is 13.6 Å². The molecule has 1 N–H and O–H groups in total. The lowest BCUT2D eigenvalue weighted by Crippen LogP contribution is -2.51. The van der Waals surface area contributed by atoms with Crippen LogP contribution in [0.15, 0.2) is 48.5 Å². The minimum Gasteiger partial charge on any atom is -0.497 e. The van der Waals surface area contributed by atoms with Crippen LogP contribution in [-0.2, 0) is 26.2 Å². The topological polar surface area (TPSA) is 96.0 Å². The monoisotopic (exact) mass is 465 g/mol. The van der Waals surface area contributed by atoms with Gasteiger partial charge in [-0.1, -0.05) is 19.1 Å². The Morgan fingerprint density at radius 2 is 1.69 bits per heavy atom. The molecular formula is C22H28FN3O5S. The summed E-state index contributed by atoms with van der Waals surface area (Å²) in [5.41, 5.74) is 0.897. The van der Waals surface area contributed by atoms with Gasteiger partial charge in [0.05, 0.1) is 19.1 Å². The highest BCUT2D eigenvalue weighted by Gasteiger charge is 2.31. The molecule has 0 unspecified atom stereocenters. The summed E-state index contributed by atoms with van der Waals surface area (Å²) in [5.74, 6) is -0.807. The van der Waals surface area contributed by atoms with Crippen LogP contribution in [-0.4, -0.2) is 58.1 Å². The van der Waals surface area contributed by atoms with Crippen LogP contribution in [0.1, 0.15) is 18.9 Å². The zero-order valence-electron chi connectivity index (χ0n) is 18.5. The SMILES string of the molecule is CC[C@@H](C(=O)NC)N(Cc1ccc(OC)cc1)C(=O)CN(c1ccc(F)cc1)S(C)(=O)=O. The van der Waals surface area contributed by atoms with E-state index in [1.165, 1.54) is 24.1 Å². The number of hydrogen-bond donors (Lipinski definition) is 1. The predicted octanol–water partition coefficient (Wildman–Crippen LogP) is 2.15. The second-order valence-electron chi connectivity index (χ2n) is 7.15. The largest absolute Gasteiger partial charge is 0.497 e. The third-order valence-corrected chi connectivity index (χ3v) is 6.08. The first-order valence-electron chi connectivity index (χ1n) is 9.98. The number of ether oxygens (including phenoxy) is 1. The van der Waals surface area contributed by atoms with Crippen molar-refractivity contribution in [1.29, 1.82) is 0 Å². The molecule has 0 saturated carbocycles. The molecule has 0 heterocycles. The van der Waals surface area contributed by atoms with Crippen molar-refractivity contribution in [3.8, 4) is 5.75 Å². The van der Waals surface area contributed by atoms with Gasteiger partial charge in [-0.25, -0.2) is 12.8 Å². The minimum absolute atomic E-state index is 0.0930. The molecule has 2 amide bonds. The fourth-order valence-electron chi connectivity index (χ4n) is 3.23. The molecular weight excluding hydrogens is 437 g/mol. The van der Waals surface area contributed by atoms with Crippen molar-refractivity contribution in [2.45, 2.75) is 25.9 Å². The number of sulfonamides is 1. The molecule has 2 rings (SSSR count). The van der Waals surface area contributed by atoms with Gasteiger partial charge < -0.3 is 15.0 Å². The maximum atomic E-state index is 13.3. The van der Waals surface area contributed by atoms with E-state index < -0.39 is 34.3 Å². The Balaban J connectivity index is 2.39. The standard InChI is InChI=1S/C22H28FN3O5S/c1-5-20(22(28)24-2)25(14-16-6-12-19(31-3)13-7-16)21(27)15-26(32(4,29)30)18-10-8-17(23)9-11-18/h6-13,20H,5,14-15H2,1-4H3,(H,24,28)/t20-/m0/s1. The zero-order valence-corrected chi connectivity index (χ0v) is 19.4.